The number of carbonyl (C=O) groups excluding carboxylic acids is 1. The summed E-state index contributed by atoms with van der Waals surface area (Å²) in [5.74, 6) is -1.32. The van der Waals surface area contributed by atoms with Crippen LogP contribution >= 0.6 is 0 Å². The molecule has 0 saturated heterocycles. The van der Waals surface area contributed by atoms with E-state index in [0.29, 0.717) is 6.54 Å². The quantitative estimate of drug-likeness (QED) is 0.899. The summed E-state index contributed by atoms with van der Waals surface area (Å²) in [6.45, 7) is 2.14. The third-order valence-corrected chi connectivity index (χ3v) is 2.66. The highest BCUT2D eigenvalue weighted by atomic mass is 16.5. The third-order valence-electron chi connectivity index (χ3n) is 2.66. The molecule has 0 aliphatic rings. The first-order valence-corrected chi connectivity index (χ1v) is 5.47. The lowest BCUT2D eigenvalue weighted by Crippen LogP contribution is -2.26. The molecule has 0 unspecified atom stereocenters. The highest BCUT2D eigenvalue weighted by molar-refractivity contribution is 5.94. The van der Waals surface area contributed by atoms with Crippen molar-refractivity contribution >= 4 is 11.9 Å². The molecule has 7 heteroatoms. The molecular weight excluding hydrogens is 252 g/mol. The van der Waals surface area contributed by atoms with Gasteiger partial charge in [-0.25, -0.2) is 4.79 Å². The fourth-order valence-corrected chi connectivity index (χ4v) is 1.57. The van der Waals surface area contributed by atoms with E-state index in [1.165, 1.54) is 4.90 Å². The maximum Gasteiger partial charge on any atom is 0.374 e. The molecule has 0 aliphatic heterocycles. The molecule has 0 fully saturated rings. The average Bonchev–Trinajstić information content (AvgIpc) is 2.98. The van der Waals surface area contributed by atoms with Gasteiger partial charge in [0.15, 0.2) is 5.69 Å². The zero-order chi connectivity index (χ0) is 14.0. The van der Waals surface area contributed by atoms with Crippen molar-refractivity contribution in [3.05, 3.63) is 41.2 Å². The number of amides is 1. The minimum atomic E-state index is -1.26. The van der Waals surface area contributed by atoms with Crippen LogP contribution < -0.4 is 0 Å². The van der Waals surface area contributed by atoms with Crippen LogP contribution in [0.5, 0.6) is 0 Å². The molecule has 0 atom stereocenters. The largest absolute Gasteiger partial charge is 0.475 e. The van der Waals surface area contributed by atoms with E-state index in [1.807, 2.05) is 0 Å². The van der Waals surface area contributed by atoms with Crippen molar-refractivity contribution in [1.82, 2.24) is 10.1 Å². The van der Waals surface area contributed by atoms with Gasteiger partial charge in [-0.3, -0.25) is 4.79 Å². The van der Waals surface area contributed by atoms with E-state index in [2.05, 4.69) is 9.68 Å². The van der Waals surface area contributed by atoms with Gasteiger partial charge in [-0.15, -0.1) is 0 Å². The minimum Gasteiger partial charge on any atom is -0.475 e. The van der Waals surface area contributed by atoms with Crippen LogP contribution in [0.1, 0.15) is 32.4 Å². The van der Waals surface area contributed by atoms with Crippen molar-refractivity contribution in [2.24, 2.45) is 0 Å². The molecule has 2 rings (SSSR count). The van der Waals surface area contributed by atoms with Gasteiger partial charge in [0.05, 0.1) is 6.26 Å². The summed E-state index contributed by atoms with van der Waals surface area (Å²) in [6.07, 6.45) is 1.54. The monoisotopic (exact) mass is 264 g/mol. The Morgan fingerprint density at radius 2 is 2.21 bits per heavy atom. The van der Waals surface area contributed by atoms with Gasteiger partial charge >= 0.3 is 5.97 Å². The van der Waals surface area contributed by atoms with E-state index in [0.717, 1.165) is 17.4 Å². The Labute approximate surface area is 108 Å². The van der Waals surface area contributed by atoms with Crippen molar-refractivity contribution in [2.75, 3.05) is 7.05 Å². The molecule has 0 spiro atoms. The van der Waals surface area contributed by atoms with Crippen molar-refractivity contribution in [2.45, 2.75) is 13.5 Å². The van der Waals surface area contributed by atoms with E-state index in [-0.39, 0.29) is 11.5 Å². The Morgan fingerprint density at radius 3 is 2.74 bits per heavy atom. The van der Waals surface area contributed by atoms with Gasteiger partial charge in [-0.2, -0.15) is 0 Å². The van der Waals surface area contributed by atoms with Crippen LogP contribution in [0.3, 0.4) is 0 Å². The molecule has 19 heavy (non-hydrogen) atoms. The second kappa shape index (κ2) is 4.97. The van der Waals surface area contributed by atoms with Crippen LogP contribution in [0.2, 0.25) is 0 Å². The number of rotatable bonds is 4. The second-order valence-electron chi connectivity index (χ2n) is 4.04. The Kier molecular flexibility index (Phi) is 3.37. The lowest BCUT2D eigenvalue weighted by atomic mass is 10.2. The van der Waals surface area contributed by atoms with Crippen LogP contribution in [0, 0.1) is 6.92 Å². The number of aromatic nitrogens is 1. The first-order chi connectivity index (χ1) is 8.99. The van der Waals surface area contributed by atoms with Crippen LogP contribution in [0.4, 0.5) is 0 Å². The normalized spacial score (nSPS) is 10.4. The summed E-state index contributed by atoms with van der Waals surface area (Å²) >= 11 is 0. The first-order valence-electron chi connectivity index (χ1n) is 5.47. The van der Waals surface area contributed by atoms with Crippen LogP contribution in [0.15, 0.2) is 27.3 Å². The van der Waals surface area contributed by atoms with Crippen molar-refractivity contribution in [3.8, 4) is 0 Å². The number of carboxylic acids is 1. The SMILES string of the molecule is Cc1occc1CN(C)C(=O)c1cc(C(=O)O)on1. The zero-order valence-electron chi connectivity index (χ0n) is 10.4. The maximum absolute atomic E-state index is 12.0. The molecule has 0 bridgehead atoms. The zero-order valence-corrected chi connectivity index (χ0v) is 10.4. The topological polar surface area (TPSA) is 96.8 Å². The number of hydrogen-bond donors (Lipinski definition) is 1. The summed E-state index contributed by atoms with van der Waals surface area (Å²) in [5, 5.41) is 12.1. The number of aromatic carboxylic acids is 1. The molecule has 0 aliphatic carbocycles. The molecule has 2 aromatic heterocycles. The summed E-state index contributed by atoms with van der Waals surface area (Å²) in [5.41, 5.74) is 0.832. The molecule has 2 heterocycles. The number of nitrogens with zero attached hydrogens (tertiary/aromatic N) is 2. The van der Waals surface area contributed by atoms with Crippen LogP contribution in [-0.4, -0.2) is 34.1 Å². The van der Waals surface area contributed by atoms with Crippen molar-refractivity contribution < 1.29 is 23.6 Å². The van der Waals surface area contributed by atoms with Gasteiger partial charge in [0.2, 0.25) is 5.76 Å². The highest BCUT2D eigenvalue weighted by Crippen LogP contribution is 2.13. The number of carbonyl (C=O) groups is 2. The van der Waals surface area contributed by atoms with Gasteiger partial charge in [-0.05, 0) is 13.0 Å². The van der Waals surface area contributed by atoms with Crippen LogP contribution in [0.25, 0.3) is 0 Å². The Bertz CT molecular complexity index is 613. The van der Waals surface area contributed by atoms with E-state index < -0.39 is 11.9 Å². The lowest BCUT2D eigenvalue weighted by molar-refractivity contribution is 0.0649. The van der Waals surface area contributed by atoms with Crippen molar-refractivity contribution in [1.29, 1.82) is 0 Å². The molecule has 7 nitrogen and oxygen atoms in total. The number of furan rings is 1. The third kappa shape index (κ3) is 2.65. The number of hydrogen-bond acceptors (Lipinski definition) is 5. The summed E-state index contributed by atoms with van der Waals surface area (Å²) in [4.78, 5) is 24.0. The minimum absolute atomic E-state index is 0.0407. The smallest absolute Gasteiger partial charge is 0.374 e. The average molecular weight is 264 g/mol. The van der Waals surface area contributed by atoms with E-state index in [1.54, 1.807) is 26.3 Å². The van der Waals surface area contributed by atoms with Crippen LogP contribution in [-0.2, 0) is 6.54 Å². The van der Waals surface area contributed by atoms with Crippen molar-refractivity contribution in [3.63, 3.8) is 0 Å². The van der Waals surface area contributed by atoms with E-state index in [4.69, 9.17) is 9.52 Å². The highest BCUT2D eigenvalue weighted by Gasteiger charge is 2.20. The van der Waals surface area contributed by atoms with Gasteiger partial charge < -0.3 is 18.9 Å². The second-order valence-corrected chi connectivity index (χ2v) is 4.04. The van der Waals surface area contributed by atoms with Gasteiger partial charge in [0.1, 0.15) is 5.76 Å². The van der Waals surface area contributed by atoms with E-state index in [9.17, 15) is 9.59 Å². The summed E-state index contributed by atoms with van der Waals surface area (Å²) < 4.78 is 9.68. The molecule has 1 amide bonds. The Hall–Kier alpha value is -2.57. The fraction of sp³-hybridized carbons (Fsp3) is 0.250. The van der Waals surface area contributed by atoms with E-state index >= 15 is 0 Å². The molecule has 2 aromatic rings. The summed E-state index contributed by atoms with van der Waals surface area (Å²) in [6, 6.07) is 2.87. The van der Waals surface area contributed by atoms with Gasteiger partial charge in [-0.1, -0.05) is 5.16 Å². The predicted octanol–water partition coefficient (Wildman–Crippen LogP) is 1.55. The maximum atomic E-state index is 12.0. The Balaban J connectivity index is 2.10. The molecular formula is C12H12N2O5. The van der Waals surface area contributed by atoms with Gasteiger partial charge in [0, 0.05) is 25.2 Å². The first kappa shape index (κ1) is 12.9. The standard InChI is InChI=1S/C12H12N2O5/c1-7-8(3-4-18-7)6-14(2)11(15)9-5-10(12(16)17)19-13-9/h3-5H,6H2,1-2H3,(H,16,17). The molecule has 100 valence electrons. The lowest BCUT2D eigenvalue weighted by Gasteiger charge is -2.14. The molecule has 1 N–H and O–H groups in total. The molecule has 0 saturated carbocycles. The fourth-order valence-electron chi connectivity index (χ4n) is 1.57. The number of carboxylic acid groups (broad SMARTS) is 1. The summed E-state index contributed by atoms with van der Waals surface area (Å²) in [7, 11) is 1.59. The molecule has 0 radical (unpaired) electrons. The van der Waals surface area contributed by atoms with Gasteiger partial charge in [0.25, 0.3) is 5.91 Å². The number of aryl methyl sites for hydroxylation is 1. The Morgan fingerprint density at radius 1 is 1.47 bits per heavy atom. The molecule has 0 aromatic carbocycles. The predicted molar refractivity (Wildman–Crippen MR) is 62.7 cm³/mol.